The smallest absolute Gasteiger partial charge is 0.280 e. The number of carbonyl (C=O) groups excluding carboxylic acids is 1. The van der Waals surface area contributed by atoms with Gasteiger partial charge in [0.2, 0.25) is 0 Å². The highest BCUT2D eigenvalue weighted by Gasteiger charge is 2.26. The second-order valence-corrected chi connectivity index (χ2v) is 6.36. The summed E-state index contributed by atoms with van der Waals surface area (Å²) >= 11 is 6.19. The molecular formula is C18H20ClN3O3. The molecule has 1 aromatic carbocycles. The second-order valence-electron chi connectivity index (χ2n) is 5.95. The Morgan fingerprint density at radius 2 is 2.08 bits per heavy atom. The fourth-order valence-electron chi connectivity index (χ4n) is 3.09. The molecule has 1 N–H and O–H groups in total. The number of nitrogens with one attached hydrogen (secondary N) is 1. The van der Waals surface area contributed by atoms with Gasteiger partial charge in [0.1, 0.15) is 0 Å². The summed E-state index contributed by atoms with van der Waals surface area (Å²) in [6.45, 7) is 5.00. The van der Waals surface area contributed by atoms with Crippen LogP contribution in [0.25, 0.3) is 11.3 Å². The van der Waals surface area contributed by atoms with Gasteiger partial charge in [-0.1, -0.05) is 23.7 Å². The van der Waals surface area contributed by atoms with E-state index in [2.05, 4.69) is 10.1 Å². The van der Waals surface area contributed by atoms with Crippen molar-refractivity contribution in [2.45, 2.75) is 26.7 Å². The summed E-state index contributed by atoms with van der Waals surface area (Å²) in [6, 6.07) is 7.03. The number of aromatic nitrogens is 2. The van der Waals surface area contributed by atoms with Crippen molar-refractivity contribution in [3.63, 3.8) is 0 Å². The quantitative estimate of drug-likeness (QED) is 0.794. The zero-order chi connectivity index (χ0) is 18.0. The summed E-state index contributed by atoms with van der Waals surface area (Å²) in [4.78, 5) is 29.3. The lowest BCUT2D eigenvalue weighted by atomic mass is 9.92. The van der Waals surface area contributed by atoms with Gasteiger partial charge in [-0.05, 0) is 44.4 Å². The summed E-state index contributed by atoms with van der Waals surface area (Å²) in [5, 5.41) is 3.81. The lowest BCUT2D eigenvalue weighted by Gasteiger charge is -2.15. The Morgan fingerprint density at radius 3 is 2.80 bits per heavy atom. The van der Waals surface area contributed by atoms with E-state index >= 15 is 0 Å². The van der Waals surface area contributed by atoms with Crippen LogP contribution in [0, 0.1) is 5.92 Å². The fraction of sp³-hybridized carbons (Fsp3) is 0.389. The maximum atomic E-state index is 12.9. The number of benzene rings is 1. The van der Waals surface area contributed by atoms with Gasteiger partial charge in [0.05, 0.1) is 21.8 Å². The largest absolute Gasteiger partial charge is 0.382 e. The summed E-state index contributed by atoms with van der Waals surface area (Å²) in [7, 11) is 0. The number of rotatable bonds is 6. The Hall–Kier alpha value is -2.18. The average Bonchev–Trinajstić information content (AvgIpc) is 2.91. The third-order valence-corrected chi connectivity index (χ3v) is 4.71. The van der Waals surface area contributed by atoms with E-state index < -0.39 is 0 Å². The maximum Gasteiger partial charge on any atom is 0.280 e. The first-order chi connectivity index (χ1) is 12.0. The number of nitrogens with zero attached hydrogens (tertiary/aromatic N) is 2. The zero-order valence-electron chi connectivity index (χ0n) is 14.2. The molecule has 3 rings (SSSR count). The van der Waals surface area contributed by atoms with Crippen molar-refractivity contribution in [2.75, 3.05) is 13.2 Å². The van der Waals surface area contributed by atoms with Crippen LogP contribution in [0.2, 0.25) is 5.02 Å². The van der Waals surface area contributed by atoms with Crippen LogP contribution in [0.3, 0.4) is 0 Å². The van der Waals surface area contributed by atoms with Crippen LogP contribution in [0.4, 0.5) is 0 Å². The number of amides is 1. The second kappa shape index (κ2) is 7.37. The molecule has 2 heterocycles. The average molecular weight is 362 g/mol. The van der Waals surface area contributed by atoms with E-state index in [0.29, 0.717) is 41.1 Å². The highest BCUT2D eigenvalue weighted by molar-refractivity contribution is 6.32. The topological polar surface area (TPSA) is 76.4 Å². The lowest BCUT2D eigenvalue weighted by Crippen LogP contribution is -2.43. The molecule has 1 aliphatic rings. The third-order valence-electron chi connectivity index (χ3n) is 4.39. The summed E-state index contributed by atoms with van der Waals surface area (Å²) < 4.78 is 6.67. The molecule has 0 radical (unpaired) electrons. The molecule has 0 saturated heterocycles. The first-order valence-corrected chi connectivity index (χ1v) is 8.69. The SMILES string of the molecule is CCOCCCC1C(=O)N=c2[nH]n(-c3ccccc3Cl)c(=O)c2=C1C. The van der Waals surface area contributed by atoms with Crippen molar-refractivity contribution in [1.29, 1.82) is 0 Å². The molecule has 1 aliphatic heterocycles. The molecule has 7 heteroatoms. The molecule has 1 aromatic heterocycles. The van der Waals surface area contributed by atoms with E-state index in [-0.39, 0.29) is 17.4 Å². The summed E-state index contributed by atoms with van der Waals surface area (Å²) in [5.74, 6) is -0.606. The van der Waals surface area contributed by atoms with Gasteiger partial charge in [0.15, 0.2) is 5.49 Å². The first-order valence-electron chi connectivity index (χ1n) is 8.31. The minimum absolute atomic E-state index is 0.228. The van der Waals surface area contributed by atoms with Crippen molar-refractivity contribution < 1.29 is 9.53 Å². The fourth-order valence-corrected chi connectivity index (χ4v) is 3.31. The van der Waals surface area contributed by atoms with Crippen LogP contribution in [0.1, 0.15) is 26.7 Å². The number of H-pyrrole nitrogens is 1. The normalized spacial score (nSPS) is 16.7. The highest BCUT2D eigenvalue weighted by Crippen LogP contribution is 2.20. The van der Waals surface area contributed by atoms with Gasteiger partial charge in [0.25, 0.3) is 11.5 Å². The number of aromatic amines is 1. The molecule has 0 bridgehead atoms. The van der Waals surface area contributed by atoms with Gasteiger partial charge in [-0.15, -0.1) is 0 Å². The molecule has 132 valence electrons. The van der Waals surface area contributed by atoms with Crippen LogP contribution >= 0.6 is 11.6 Å². The Labute approximate surface area is 149 Å². The molecular weight excluding hydrogens is 342 g/mol. The number of halogens is 1. The number of ether oxygens (including phenoxy) is 1. The van der Waals surface area contributed by atoms with Crippen molar-refractivity contribution in [2.24, 2.45) is 10.9 Å². The van der Waals surface area contributed by atoms with Gasteiger partial charge < -0.3 is 4.74 Å². The van der Waals surface area contributed by atoms with E-state index in [4.69, 9.17) is 16.3 Å². The number of fused-ring (bicyclic) bond motifs is 1. The number of carbonyl (C=O) groups is 1. The third kappa shape index (κ3) is 3.32. The first kappa shape index (κ1) is 17.6. The molecule has 1 unspecified atom stereocenters. The van der Waals surface area contributed by atoms with E-state index in [0.717, 1.165) is 12.0 Å². The highest BCUT2D eigenvalue weighted by atomic mass is 35.5. The Kier molecular flexibility index (Phi) is 5.20. The number of hydrogen-bond acceptors (Lipinski definition) is 3. The molecule has 0 saturated carbocycles. The van der Waals surface area contributed by atoms with Crippen LogP contribution in [-0.4, -0.2) is 28.9 Å². The molecule has 25 heavy (non-hydrogen) atoms. The predicted octanol–water partition coefficient (Wildman–Crippen LogP) is 1.58. The predicted molar refractivity (Wildman–Crippen MR) is 95.5 cm³/mol. The summed E-state index contributed by atoms with van der Waals surface area (Å²) in [6.07, 6.45) is 1.36. The maximum absolute atomic E-state index is 12.9. The van der Waals surface area contributed by atoms with Crippen LogP contribution in [0.5, 0.6) is 0 Å². The van der Waals surface area contributed by atoms with Gasteiger partial charge in [-0.25, -0.2) is 4.68 Å². The summed E-state index contributed by atoms with van der Waals surface area (Å²) in [5.41, 5.74) is 1.34. The van der Waals surface area contributed by atoms with Gasteiger partial charge >= 0.3 is 0 Å². The molecule has 1 amide bonds. The zero-order valence-corrected chi connectivity index (χ0v) is 15.0. The van der Waals surface area contributed by atoms with E-state index in [9.17, 15) is 9.59 Å². The standard InChI is InChI=1S/C18H20ClN3O3/c1-3-25-10-6-7-12-11(2)15-16(20-17(12)23)21-22(18(15)24)14-9-5-4-8-13(14)19/h4-5,8-9,12H,3,6-7,10H2,1-2H3,(H,20,21,23). The molecule has 2 aromatic rings. The Morgan fingerprint density at radius 1 is 1.32 bits per heavy atom. The lowest BCUT2D eigenvalue weighted by molar-refractivity contribution is -0.120. The van der Waals surface area contributed by atoms with E-state index in [1.54, 1.807) is 24.3 Å². The molecule has 6 nitrogen and oxygen atoms in total. The van der Waals surface area contributed by atoms with Crippen LogP contribution in [-0.2, 0) is 9.53 Å². The van der Waals surface area contributed by atoms with Gasteiger partial charge in [-0.2, -0.15) is 4.99 Å². The van der Waals surface area contributed by atoms with Crippen molar-refractivity contribution >= 4 is 23.1 Å². The van der Waals surface area contributed by atoms with Crippen LogP contribution < -0.4 is 16.3 Å². The van der Waals surface area contributed by atoms with Crippen LogP contribution in [0.15, 0.2) is 34.1 Å². The van der Waals surface area contributed by atoms with Gasteiger partial charge in [0, 0.05) is 13.2 Å². The van der Waals surface area contributed by atoms with E-state index in [1.807, 2.05) is 13.8 Å². The molecule has 0 spiro atoms. The minimum atomic E-state index is -0.379. The minimum Gasteiger partial charge on any atom is -0.382 e. The number of para-hydroxylation sites is 1. The van der Waals surface area contributed by atoms with Crippen molar-refractivity contribution in [3.8, 4) is 5.69 Å². The number of hydrogen-bond donors (Lipinski definition) is 1. The van der Waals surface area contributed by atoms with Gasteiger partial charge in [-0.3, -0.25) is 14.7 Å². The monoisotopic (exact) mass is 361 g/mol. The molecule has 1 atom stereocenters. The Balaban J connectivity index is 2.05. The Bertz CT molecular complexity index is 974. The van der Waals surface area contributed by atoms with E-state index in [1.165, 1.54) is 4.68 Å². The molecule has 0 fully saturated rings. The molecule has 0 aliphatic carbocycles. The van der Waals surface area contributed by atoms with Crippen molar-refractivity contribution in [1.82, 2.24) is 9.78 Å². The van der Waals surface area contributed by atoms with Crippen molar-refractivity contribution in [3.05, 3.63) is 50.3 Å².